The maximum Gasteiger partial charge on any atom is 0.335 e. The topological polar surface area (TPSA) is 78.4 Å². The number of aromatic carboxylic acids is 1. The number of nitrogens with one attached hydrogen (secondary N) is 2. The van der Waals surface area contributed by atoms with Crippen molar-refractivity contribution >= 4 is 45.4 Å². The summed E-state index contributed by atoms with van der Waals surface area (Å²) in [6.07, 6.45) is 1.81. The Morgan fingerprint density at radius 3 is 2.80 bits per heavy atom. The van der Waals surface area contributed by atoms with Gasteiger partial charge in [-0.3, -0.25) is 0 Å². The van der Waals surface area contributed by atoms with Gasteiger partial charge in [-0.1, -0.05) is 22.0 Å². The van der Waals surface area contributed by atoms with Crippen LogP contribution >= 0.6 is 27.7 Å². The fraction of sp³-hybridized carbons (Fsp3) is 0.231. The van der Waals surface area contributed by atoms with Gasteiger partial charge < -0.3 is 15.7 Å². The highest BCUT2D eigenvalue weighted by Crippen LogP contribution is 2.19. The Labute approximate surface area is 130 Å². The molecule has 1 aromatic rings. The minimum absolute atomic E-state index is 0.108. The molecule has 0 aliphatic carbocycles. The van der Waals surface area contributed by atoms with Crippen LogP contribution in [0.3, 0.4) is 0 Å². The Morgan fingerprint density at radius 1 is 1.40 bits per heavy atom. The van der Waals surface area contributed by atoms with Crippen molar-refractivity contribution in [3.05, 3.63) is 40.9 Å². The number of carboxylic acid groups (broad SMARTS) is 1. The summed E-state index contributed by atoms with van der Waals surface area (Å²) in [7, 11) is 0. The first-order valence-corrected chi connectivity index (χ1v) is 7.75. The van der Waals surface area contributed by atoms with Gasteiger partial charge >= 0.3 is 12.0 Å². The van der Waals surface area contributed by atoms with Crippen molar-refractivity contribution in [1.82, 2.24) is 5.32 Å². The van der Waals surface area contributed by atoms with E-state index in [2.05, 4.69) is 33.1 Å². The fourth-order valence-corrected chi connectivity index (χ4v) is 2.44. The Morgan fingerprint density at radius 2 is 2.15 bits per heavy atom. The Bertz CT molecular complexity index is 508. The summed E-state index contributed by atoms with van der Waals surface area (Å²) >= 11 is 4.87. The summed E-state index contributed by atoms with van der Waals surface area (Å²) < 4.78 is 0.592. The van der Waals surface area contributed by atoms with Crippen LogP contribution in [0.2, 0.25) is 0 Å². The number of thioether (sulfide) groups is 1. The van der Waals surface area contributed by atoms with Crippen LogP contribution in [0.5, 0.6) is 0 Å². The fourth-order valence-electron chi connectivity index (χ4n) is 1.36. The number of carboxylic acids is 1. The van der Waals surface area contributed by atoms with Gasteiger partial charge in [0.2, 0.25) is 0 Å². The number of rotatable bonds is 7. The van der Waals surface area contributed by atoms with Gasteiger partial charge in [-0.25, -0.2) is 9.59 Å². The van der Waals surface area contributed by atoms with Crippen molar-refractivity contribution in [3.63, 3.8) is 0 Å². The normalized spacial score (nSPS) is 9.85. The van der Waals surface area contributed by atoms with E-state index in [1.165, 1.54) is 12.1 Å². The highest BCUT2D eigenvalue weighted by Gasteiger charge is 2.08. The lowest BCUT2D eigenvalue weighted by molar-refractivity contribution is 0.0697. The van der Waals surface area contributed by atoms with Gasteiger partial charge in [-0.05, 0) is 18.2 Å². The van der Waals surface area contributed by atoms with Crippen LogP contribution in [0.1, 0.15) is 10.4 Å². The molecule has 0 saturated carbocycles. The Balaban J connectivity index is 2.49. The second-order valence-corrected chi connectivity index (χ2v) is 5.84. The predicted octanol–water partition coefficient (Wildman–Crippen LogP) is 3.19. The molecule has 108 valence electrons. The van der Waals surface area contributed by atoms with E-state index >= 15 is 0 Å². The molecule has 1 rings (SSSR count). The molecular weight excluding hydrogens is 344 g/mol. The summed E-state index contributed by atoms with van der Waals surface area (Å²) in [5.74, 6) is 0.588. The minimum Gasteiger partial charge on any atom is -0.478 e. The van der Waals surface area contributed by atoms with Crippen LogP contribution in [-0.2, 0) is 0 Å². The molecule has 0 heterocycles. The number of urea groups is 1. The van der Waals surface area contributed by atoms with Crippen molar-refractivity contribution in [3.8, 4) is 0 Å². The molecule has 0 atom stereocenters. The van der Waals surface area contributed by atoms with Crippen LogP contribution in [0.4, 0.5) is 10.5 Å². The molecule has 1 aromatic carbocycles. The molecule has 0 radical (unpaired) electrons. The molecule has 20 heavy (non-hydrogen) atoms. The first-order valence-electron chi connectivity index (χ1n) is 5.80. The van der Waals surface area contributed by atoms with Crippen LogP contribution in [0, 0.1) is 0 Å². The molecule has 3 N–H and O–H groups in total. The summed E-state index contributed by atoms with van der Waals surface area (Å²) in [6.45, 7) is 4.14. The lowest BCUT2D eigenvalue weighted by Gasteiger charge is -2.08. The summed E-state index contributed by atoms with van der Waals surface area (Å²) in [6, 6.07) is 4.15. The number of benzene rings is 1. The zero-order valence-electron chi connectivity index (χ0n) is 10.7. The van der Waals surface area contributed by atoms with Crippen LogP contribution in [0.25, 0.3) is 0 Å². The number of hydrogen-bond donors (Lipinski definition) is 3. The minimum atomic E-state index is -1.05. The summed E-state index contributed by atoms with van der Waals surface area (Å²) in [5.41, 5.74) is 0.532. The standard InChI is InChI=1S/C13H15BrN2O3S/c1-2-4-20-5-3-15-13(19)16-11-7-9(12(17)18)6-10(14)8-11/h2,6-8H,1,3-5H2,(H,17,18)(H2,15,16,19). The summed E-state index contributed by atoms with van der Waals surface area (Å²) in [4.78, 5) is 22.5. The average Bonchev–Trinajstić information content (AvgIpc) is 2.37. The van der Waals surface area contributed by atoms with Crippen LogP contribution in [-0.4, -0.2) is 35.2 Å². The van der Waals surface area contributed by atoms with E-state index < -0.39 is 5.97 Å². The molecule has 0 aliphatic rings. The second kappa shape index (κ2) is 8.65. The number of halogens is 1. The first kappa shape index (κ1) is 16.6. The average molecular weight is 359 g/mol. The third-order valence-electron chi connectivity index (χ3n) is 2.17. The van der Waals surface area contributed by atoms with Crippen molar-refractivity contribution in [2.75, 3.05) is 23.4 Å². The highest BCUT2D eigenvalue weighted by atomic mass is 79.9. The van der Waals surface area contributed by atoms with E-state index in [4.69, 9.17) is 5.11 Å². The molecule has 2 amide bonds. The van der Waals surface area contributed by atoms with E-state index in [0.29, 0.717) is 16.7 Å². The van der Waals surface area contributed by atoms with Crippen LogP contribution in [0.15, 0.2) is 35.3 Å². The molecule has 5 nitrogen and oxygen atoms in total. The van der Waals surface area contributed by atoms with Gasteiger partial charge in [0.25, 0.3) is 0 Å². The number of hydrogen-bond acceptors (Lipinski definition) is 3. The van der Waals surface area contributed by atoms with Gasteiger partial charge in [0.05, 0.1) is 5.56 Å². The van der Waals surface area contributed by atoms with Crippen LogP contribution < -0.4 is 10.6 Å². The second-order valence-electron chi connectivity index (χ2n) is 3.78. The molecule has 0 aromatic heterocycles. The van der Waals surface area contributed by atoms with Gasteiger partial charge in [-0.15, -0.1) is 6.58 Å². The Hall–Kier alpha value is -1.47. The maximum absolute atomic E-state index is 11.6. The van der Waals surface area contributed by atoms with Gasteiger partial charge in [0, 0.05) is 28.2 Å². The van der Waals surface area contributed by atoms with Crippen molar-refractivity contribution in [2.45, 2.75) is 0 Å². The number of carbonyl (C=O) groups excluding carboxylic acids is 1. The Kier molecular flexibility index (Phi) is 7.17. The zero-order chi connectivity index (χ0) is 15.0. The van der Waals surface area contributed by atoms with Crippen molar-refractivity contribution in [2.24, 2.45) is 0 Å². The van der Waals surface area contributed by atoms with E-state index in [-0.39, 0.29) is 11.6 Å². The smallest absolute Gasteiger partial charge is 0.335 e. The third-order valence-corrected chi connectivity index (χ3v) is 3.59. The molecular formula is C13H15BrN2O3S. The number of amides is 2. The molecule has 0 saturated heterocycles. The number of anilines is 1. The zero-order valence-corrected chi connectivity index (χ0v) is 13.1. The molecule has 0 spiro atoms. The van der Waals surface area contributed by atoms with Gasteiger partial charge in [-0.2, -0.15) is 11.8 Å². The first-order chi connectivity index (χ1) is 9.52. The van der Waals surface area contributed by atoms with Gasteiger partial charge in [0.1, 0.15) is 0 Å². The molecule has 0 unspecified atom stereocenters. The van der Waals surface area contributed by atoms with E-state index in [1.807, 2.05) is 0 Å². The van der Waals surface area contributed by atoms with Crippen molar-refractivity contribution in [1.29, 1.82) is 0 Å². The molecule has 0 aliphatic heterocycles. The summed E-state index contributed by atoms with van der Waals surface area (Å²) in [5, 5.41) is 14.2. The largest absolute Gasteiger partial charge is 0.478 e. The quantitative estimate of drug-likeness (QED) is 0.516. The maximum atomic E-state index is 11.6. The molecule has 0 bridgehead atoms. The SMILES string of the molecule is C=CCSCCNC(=O)Nc1cc(Br)cc(C(=O)O)c1. The number of carbonyl (C=O) groups is 2. The third kappa shape index (κ3) is 6.12. The monoisotopic (exact) mass is 358 g/mol. The van der Waals surface area contributed by atoms with Gasteiger partial charge in [0.15, 0.2) is 0 Å². The van der Waals surface area contributed by atoms with E-state index in [9.17, 15) is 9.59 Å². The molecule has 7 heteroatoms. The highest BCUT2D eigenvalue weighted by molar-refractivity contribution is 9.10. The van der Waals surface area contributed by atoms with E-state index in [1.54, 1.807) is 23.9 Å². The lowest BCUT2D eigenvalue weighted by Crippen LogP contribution is -2.30. The lowest BCUT2D eigenvalue weighted by atomic mass is 10.2. The predicted molar refractivity (Wildman–Crippen MR) is 85.6 cm³/mol. The van der Waals surface area contributed by atoms with Crippen molar-refractivity contribution < 1.29 is 14.7 Å². The van der Waals surface area contributed by atoms with E-state index in [0.717, 1.165) is 11.5 Å². The molecule has 0 fully saturated rings.